The van der Waals surface area contributed by atoms with E-state index in [0.29, 0.717) is 6.61 Å². The van der Waals surface area contributed by atoms with Gasteiger partial charge in [0, 0.05) is 7.11 Å². The van der Waals surface area contributed by atoms with Gasteiger partial charge >= 0.3 is 0 Å². The fraction of sp³-hybridized carbons (Fsp3) is 0.818. The van der Waals surface area contributed by atoms with Crippen LogP contribution in [0.1, 0.15) is 19.8 Å². The fourth-order valence-electron chi connectivity index (χ4n) is 1.51. The topological polar surface area (TPSA) is 12.5 Å². The van der Waals surface area contributed by atoms with Crippen molar-refractivity contribution in [1.29, 1.82) is 0 Å². The van der Waals surface area contributed by atoms with E-state index in [2.05, 4.69) is 23.7 Å². The number of nitrogens with zero attached hydrogens (tertiary/aromatic N) is 1. The molecule has 0 aromatic rings. The van der Waals surface area contributed by atoms with Crippen LogP contribution in [0.15, 0.2) is 0 Å². The number of piperidine rings is 1. The summed E-state index contributed by atoms with van der Waals surface area (Å²) in [6, 6.07) is 0. The van der Waals surface area contributed by atoms with Crippen molar-refractivity contribution in [2.24, 2.45) is 5.92 Å². The first kappa shape index (κ1) is 10.6. The molecule has 1 rings (SSSR count). The lowest BCUT2D eigenvalue weighted by Crippen LogP contribution is -2.33. The van der Waals surface area contributed by atoms with Crippen LogP contribution in [0.25, 0.3) is 0 Å². The van der Waals surface area contributed by atoms with Gasteiger partial charge < -0.3 is 4.74 Å². The maximum atomic E-state index is 4.86. The lowest BCUT2D eigenvalue weighted by atomic mass is 9.99. The Balaban J connectivity index is 2.13. The molecule has 0 spiro atoms. The van der Waals surface area contributed by atoms with E-state index in [0.717, 1.165) is 12.5 Å². The van der Waals surface area contributed by atoms with Gasteiger partial charge in [0.05, 0.1) is 6.54 Å². The van der Waals surface area contributed by atoms with Gasteiger partial charge in [-0.05, 0) is 31.8 Å². The van der Waals surface area contributed by atoms with E-state index in [4.69, 9.17) is 4.74 Å². The van der Waals surface area contributed by atoms with E-state index >= 15 is 0 Å². The third-order valence-electron chi connectivity index (χ3n) is 2.52. The molecule has 2 nitrogen and oxygen atoms in total. The van der Waals surface area contributed by atoms with Gasteiger partial charge in [0.2, 0.25) is 0 Å². The van der Waals surface area contributed by atoms with Crippen molar-refractivity contribution in [2.75, 3.05) is 33.4 Å². The van der Waals surface area contributed by atoms with Crippen LogP contribution in [0.4, 0.5) is 0 Å². The Bertz CT molecular complexity index is 184. The van der Waals surface area contributed by atoms with Crippen molar-refractivity contribution in [2.45, 2.75) is 19.8 Å². The smallest absolute Gasteiger partial charge is 0.107 e. The maximum absolute atomic E-state index is 4.86. The van der Waals surface area contributed by atoms with Crippen LogP contribution in [0, 0.1) is 17.8 Å². The molecule has 0 aromatic carbocycles. The minimum Gasteiger partial charge on any atom is -0.372 e. The molecule has 74 valence electrons. The van der Waals surface area contributed by atoms with E-state index in [-0.39, 0.29) is 0 Å². The Morgan fingerprint density at radius 2 is 2.00 bits per heavy atom. The van der Waals surface area contributed by atoms with E-state index in [1.54, 1.807) is 7.11 Å². The Hall–Kier alpha value is -0.520. The highest BCUT2D eigenvalue weighted by molar-refractivity contribution is 5.01. The summed E-state index contributed by atoms with van der Waals surface area (Å²) >= 11 is 0. The molecule has 0 amide bonds. The molecule has 1 fully saturated rings. The third-order valence-corrected chi connectivity index (χ3v) is 2.52. The summed E-state index contributed by atoms with van der Waals surface area (Å²) in [6.07, 6.45) is 2.65. The van der Waals surface area contributed by atoms with Crippen LogP contribution >= 0.6 is 0 Å². The number of likely N-dealkylation sites (tertiary alicyclic amines) is 1. The monoisotopic (exact) mass is 181 g/mol. The molecule has 0 unspecified atom stereocenters. The first-order valence-electron chi connectivity index (χ1n) is 5.00. The number of hydrogen-bond donors (Lipinski definition) is 0. The summed E-state index contributed by atoms with van der Waals surface area (Å²) in [6.45, 7) is 6.22. The summed E-state index contributed by atoms with van der Waals surface area (Å²) in [5.74, 6) is 7.01. The van der Waals surface area contributed by atoms with E-state index in [1.165, 1.54) is 25.9 Å². The van der Waals surface area contributed by atoms with Gasteiger partial charge in [-0.2, -0.15) is 0 Å². The fourth-order valence-corrected chi connectivity index (χ4v) is 1.51. The summed E-state index contributed by atoms with van der Waals surface area (Å²) in [5, 5.41) is 0. The van der Waals surface area contributed by atoms with Crippen LogP contribution in [-0.4, -0.2) is 38.3 Å². The van der Waals surface area contributed by atoms with Crippen molar-refractivity contribution in [3.8, 4) is 11.8 Å². The van der Waals surface area contributed by atoms with E-state index in [1.807, 2.05) is 0 Å². The number of ether oxygens (including phenoxy) is 1. The molecule has 13 heavy (non-hydrogen) atoms. The lowest BCUT2D eigenvalue weighted by molar-refractivity contribution is 0.212. The molecule has 0 atom stereocenters. The predicted octanol–water partition coefficient (Wildman–Crippen LogP) is 1.37. The van der Waals surface area contributed by atoms with Gasteiger partial charge in [-0.15, -0.1) is 0 Å². The van der Waals surface area contributed by atoms with Crippen molar-refractivity contribution in [3.63, 3.8) is 0 Å². The maximum Gasteiger partial charge on any atom is 0.107 e. The molecule has 0 aliphatic carbocycles. The van der Waals surface area contributed by atoms with Crippen LogP contribution in [-0.2, 0) is 4.74 Å². The zero-order valence-electron chi connectivity index (χ0n) is 8.68. The van der Waals surface area contributed by atoms with Crippen molar-refractivity contribution in [3.05, 3.63) is 0 Å². The lowest BCUT2D eigenvalue weighted by Gasteiger charge is -2.28. The second-order valence-corrected chi connectivity index (χ2v) is 3.75. The molecule has 1 aliphatic rings. The second kappa shape index (κ2) is 6.01. The zero-order chi connectivity index (χ0) is 9.52. The molecule has 1 heterocycles. The number of rotatable bonds is 2. The molecular formula is C11H19NO. The Morgan fingerprint density at radius 3 is 2.62 bits per heavy atom. The molecule has 0 bridgehead atoms. The Kier molecular flexibility index (Phi) is 4.88. The Morgan fingerprint density at radius 1 is 1.31 bits per heavy atom. The number of hydrogen-bond acceptors (Lipinski definition) is 2. The van der Waals surface area contributed by atoms with Crippen LogP contribution in [0.5, 0.6) is 0 Å². The largest absolute Gasteiger partial charge is 0.372 e. The molecular weight excluding hydrogens is 162 g/mol. The highest BCUT2D eigenvalue weighted by atomic mass is 16.5. The van der Waals surface area contributed by atoms with Crippen LogP contribution in [0.3, 0.4) is 0 Å². The quantitative estimate of drug-likeness (QED) is 0.597. The van der Waals surface area contributed by atoms with Crippen LogP contribution < -0.4 is 0 Å². The van der Waals surface area contributed by atoms with E-state index in [9.17, 15) is 0 Å². The molecule has 0 N–H and O–H groups in total. The summed E-state index contributed by atoms with van der Waals surface area (Å²) in [7, 11) is 1.68. The van der Waals surface area contributed by atoms with E-state index < -0.39 is 0 Å². The predicted molar refractivity (Wildman–Crippen MR) is 54.5 cm³/mol. The molecule has 2 heteroatoms. The standard InChI is InChI=1S/C11H19NO/c1-11-5-8-12(9-6-11)7-3-4-10-13-2/h11H,5-10H2,1-2H3. The first-order chi connectivity index (χ1) is 6.33. The highest BCUT2D eigenvalue weighted by Crippen LogP contribution is 2.14. The highest BCUT2D eigenvalue weighted by Gasteiger charge is 2.13. The average Bonchev–Trinajstić information content (AvgIpc) is 2.15. The minimum atomic E-state index is 0.560. The first-order valence-corrected chi connectivity index (χ1v) is 5.00. The second-order valence-electron chi connectivity index (χ2n) is 3.75. The van der Waals surface area contributed by atoms with Gasteiger partial charge in [0.15, 0.2) is 0 Å². The molecule has 0 aromatic heterocycles. The van der Waals surface area contributed by atoms with Crippen molar-refractivity contribution < 1.29 is 4.74 Å². The summed E-state index contributed by atoms with van der Waals surface area (Å²) in [5.41, 5.74) is 0. The molecule has 0 saturated carbocycles. The van der Waals surface area contributed by atoms with Crippen LogP contribution in [0.2, 0.25) is 0 Å². The normalized spacial score (nSPS) is 19.5. The Labute approximate surface area is 81.3 Å². The van der Waals surface area contributed by atoms with Gasteiger partial charge in [0.1, 0.15) is 6.61 Å². The summed E-state index contributed by atoms with van der Waals surface area (Å²) in [4.78, 5) is 2.42. The van der Waals surface area contributed by atoms with Gasteiger partial charge in [-0.1, -0.05) is 18.8 Å². The third kappa shape index (κ3) is 4.31. The minimum absolute atomic E-state index is 0.560. The van der Waals surface area contributed by atoms with Crippen molar-refractivity contribution >= 4 is 0 Å². The van der Waals surface area contributed by atoms with Gasteiger partial charge in [0.25, 0.3) is 0 Å². The SMILES string of the molecule is COCC#CCN1CCC(C)CC1. The number of methoxy groups -OCH3 is 1. The summed E-state index contributed by atoms with van der Waals surface area (Å²) < 4.78 is 4.86. The van der Waals surface area contributed by atoms with Gasteiger partial charge in [-0.25, -0.2) is 0 Å². The zero-order valence-corrected chi connectivity index (χ0v) is 8.68. The molecule has 1 saturated heterocycles. The van der Waals surface area contributed by atoms with Crippen molar-refractivity contribution in [1.82, 2.24) is 4.90 Å². The van der Waals surface area contributed by atoms with Gasteiger partial charge in [-0.3, -0.25) is 4.90 Å². The average molecular weight is 181 g/mol. The molecule has 1 aliphatic heterocycles. The molecule has 0 radical (unpaired) electrons.